The van der Waals surface area contributed by atoms with E-state index < -0.39 is 0 Å². The first kappa shape index (κ1) is 17.2. The van der Waals surface area contributed by atoms with Gasteiger partial charge in [0, 0.05) is 23.0 Å². The third kappa shape index (κ3) is 4.92. The zero-order valence-electron chi connectivity index (χ0n) is 12.6. The predicted molar refractivity (Wildman–Crippen MR) is 103 cm³/mol. The number of nitrogens with one attached hydrogen (secondary N) is 3. The van der Waals surface area contributed by atoms with Gasteiger partial charge >= 0.3 is 0 Å². The molecule has 0 aliphatic heterocycles. The molecule has 0 aliphatic carbocycles. The SMILES string of the molecule is O=C(Nc1ccc(NC(=S)Nc2cncc(Cl)c2)cc1)c1csnn1. The van der Waals surface area contributed by atoms with Gasteiger partial charge in [0.25, 0.3) is 5.91 Å². The summed E-state index contributed by atoms with van der Waals surface area (Å²) in [6.07, 6.45) is 3.16. The predicted octanol–water partition coefficient (Wildman–Crippen LogP) is 3.65. The zero-order chi connectivity index (χ0) is 17.6. The minimum absolute atomic E-state index is 0.285. The van der Waals surface area contributed by atoms with E-state index in [1.54, 1.807) is 41.9 Å². The number of amides is 1. The van der Waals surface area contributed by atoms with E-state index in [1.165, 1.54) is 6.20 Å². The third-order valence-corrected chi connectivity index (χ3v) is 3.87. The molecule has 25 heavy (non-hydrogen) atoms. The van der Waals surface area contributed by atoms with Crippen LogP contribution in [0.4, 0.5) is 17.1 Å². The molecule has 0 unspecified atom stereocenters. The average Bonchev–Trinajstić information content (AvgIpc) is 3.11. The standard InChI is InChI=1S/C15H11ClN6OS2/c16-9-5-12(7-17-6-9)20-15(24)19-11-3-1-10(2-4-11)18-14(23)13-8-25-22-21-13/h1-8H,(H,18,23)(H2,19,20,24). The fourth-order valence-corrected chi connectivity index (χ4v) is 2.72. The van der Waals surface area contributed by atoms with Crippen LogP contribution in [0.2, 0.25) is 5.02 Å². The van der Waals surface area contributed by atoms with E-state index in [9.17, 15) is 4.79 Å². The van der Waals surface area contributed by atoms with Crippen LogP contribution in [0.25, 0.3) is 0 Å². The fourth-order valence-electron chi connectivity index (χ4n) is 1.87. The molecule has 0 fully saturated rings. The van der Waals surface area contributed by atoms with Gasteiger partial charge in [0.15, 0.2) is 10.8 Å². The van der Waals surface area contributed by atoms with Gasteiger partial charge in [0.1, 0.15) is 0 Å². The summed E-state index contributed by atoms with van der Waals surface area (Å²) in [5.41, 5.74) is 2.38. The van der Waals surface area contributed by atoms with Crippen molar-refractivity contribution in [1.29, 1.82) is 0 Å². The van der Waals surface area contributed by atoms with Crippen LogP contribution in [0.5, 0.6) is 0 Å². The summed E-state index contributed by atoms with van der Waals surface area (Å²) in [5.74, 6) is -0.305. The summed E-state index contributed by atoms with van der Waals surface area (Å²) in [6, 6.07) is 8.81. The summed E-state index contributed by atoms with van der Waals surface area (Å²) in [5, 5.41) is 15.0. The highest BCUT2D eigenvalue weighted by Crippen LogP contribution is 2.16. The van der Waals surface area contributed by atoms with Crippen LogP contribution in [-0.4, -0.2) is 25.6 Å². The second-order valence-electron chi connectivity index (χ2n) is 4.79. The fraction of sp³-hybridized carbons (Fsp3) is 0. The number of anilines is 3. The lowest BCUT2D eigenvalue weighted by atomic mass is 10.2. The molecule has 2 heterocycles. The van der Waals surface area contributed by atoms with E-state index in [-0.39, 0.29) is 11.6 Å². The normalized spacial score (nSPS) is 10.1. The number of aromatic nitrogens is 3. The number of benzene rings is 1. The molecule has 7 nitrogen and oxygen atoms in total. The Morgan fingerprint density at radius 2 is 1.72 bits per heavy atom. The molecule has 3 rings (SSSR count). The number of rotatable bonds is 4. The Morgan fingerprint density at radius 1 is 1.04 bits per heavy atom. The van der Waals surface area contributed by atoms with Crippen molar-refractivity contribution in [3.8, 4) is 0 Å². The molecule has 3 aromatic rings. The van der Waals surface area contributed by atoms with Crippen molar-refractivity contribution >= 4 is 63.4 Å². The molecular weight excluding hydrogens is 380 g/mol. The molecule has 0 spiro atoms. The third-order valence-electron chi connectivity index (χ3n) is 2.96. The molecule has 0 aliphatic rings. The van der Waals surface area contributed by atoms with Crippen LogP contribution in [0.3, 0.4) is 0 Å². The lowest BCUT2D eigenvalue weighted by Crippen LogP contribution is -2.19. The Bertz CT molecular complexity index is 885. The van der Waals surface area contributed by atoms with Crippen LogP contribution < -0.4 is 16.0 Å². The first-order valence-corrected chi connectivity index (χ1v) is 8.59. The van der Waals surface area contributed by atoms with Crippen molar-refractivity contribution in [2.75, 3.05) is 16.0 Å². The van der Waals surface area contributed by atoms with Crippen LogP contribution in [-0.2, 0) is 0 Å². The number of carbonyl (C=O) groups excluding carboxylic acids is 1. The van der Waals surface area contributed by atoms with Crippen molar-refractivity contribution in [3.05, 3.63) is 58.8 Å². The molecule has 0 bridgehead atoms. The van der Waals surface area contributed by atoms with E-state index >= 15 is 0 Å². The largest absolute Gasteiger partial charge is 0.332 e. The Kier molecular flexibility index (Phi) is 5.49. The molecule has 0 saturated carbocycles. The number of halogens is 1. The highest BCUT2D eigenvalue weighted by atomic mass is 35.5. The number of hydrogen-bond acceptors (Lipinski definition) is 6. The number of pyridine rings is 1. The van der Waals surface area contributed by atoms with Gasteiger partial charge in [-0.3, -0.25) is 9.78 Å². The Labute approximate surface area is 157 Å². The van der Waals surface area contributed by atoms with Gasteiger partial charge in [0.05, 0.1) is 16.9 Å². The minimum atomic E-state index is -0.305. The number of hydrogen-bond donors (Lipinski definition) is 3. The van der Waals surface area contributed by atoms with Crippen molar-refractivity contribution in [2.24, 2.45) is 0 Å². The molecule has 126 valence electrons. The highest BCUT2D eigenvalue weighted by molar-refractivity contribution is 7.80. The molecule has 3 N–H and O–H groups in total. The van der Waals surface area contributed by atoms with E-state index in [0.29, 0.717) is 21.5 Å². The molecule has 0 saturated heterocycles. The van der Waals surface area contributed by atoms with Crippen LogP contribution in [0.1, 0.15) is 10.5 Å². The van der Waals surface area contributed by atoms with Crippen LogP contribution >= 0.6 is 35.4 Å². The van der Waals surface area contributed by atoms with E-state index in [4.69, 9.17) is 23.8 Å². The summed E-state index contributed by atoms with van der Waals surface area (Å²) in [6.45, 7) is 0. The average molecular weight is 391 g/mol. The van der Waals surface area contributed by atoms with Crippen molar-refractivity contribution in [1.82, 2.24) is 14.6 Å². The maximum atomic E-state index is 11.9. The van der Waals surface area contributed by atoms with Gasteiger partial charge in [-0.15, -0.1) is 5.10 Å². The molecule has 1 amide bonds. The lowest BCUT2D eigenvalue weighted by Gasteiger charge is -2.11. The smallest absolute Gasteiger partial charge is 0.277 e. The summed E-state index contributed by atoms with van der Waals surface area (Å²) in [4.78, 5) is 15.9. The molecule has 0 atom stereocenters. The number of thiocarbonyl (C=S) groups is 1. The van der Waals surface area contributed by atoms with Gasteiger partial charge in [0.2, 0.25) is 0 Å². The van der Waals surface area contributed by atoms with Crippen LogP contribution in [0, 0.1) is 0 Å². The summed E-state index contributed by atoms with van der Waals surface area (Å²) < 4.78 is 3.66. The van der Waals surface area contributed by atoms with Gasteiger partial charge < -0.3 is 16.0 Å². The molecule has 2 aromatic heterocycles. The van der Waals surface area contributed by atoms with Gasteiger partial charge in [-0.05, 0) is 54.1 Å². The second-order valence-corrected chi connectivity index (χ2v) is 6.25. The first-order valence-electron chi connectivity index (χ1n) is 6.97. The molecule has 10 heteroatoms. The van der Waals surface area contributed by atoms with Crippen LogP contribution in [0.15, 0.2) is 48.1 Å². The Balaban J connectivity index is 1.57. The van der Waals surface area contributed by atoms with Crippen molar-refractivity contribution < 1.29 is 4.79 Å². The lowest BCUT2D eigenvalue weighted by molar-refractivity contribution is 0.102. The molecule has 0 radical (unpaired) electrons. The second kappa shape index (κ2) is 7.97. The molecule has 1 aromatic carbocycles. The summed E-state index contributed by atoms with van der Waals surface area (Å²) >= 11 is 12.2. The Hall–Kier alpha value is -2.62. The minimum Gasteiger partial charge on any atom is -0.332 e. The maximum Gasteiger partial charge on any atom is 0.277 e. The molecular formula is C15H11ClN6OS2. The van der Waals surface area contributed by atoms with Gasteiger partial charge in [-0.2, -0.15) is 0 Å². The van der Waals surface area contributed by atoms with E-state index in [0.717, 1.165) is 17.2 Å². The maximum absolute atomic E-state index is 11.9. The summed E-state index contributed by atoms with van der Waals surface area (Å²) in [7, 11) is 0. The topological polar surface area (TPSA) is 91.8 Å². The first-order chi connectivity index (χ1) is 12.1. The zero-order valence-corrected chi connectivity index (χ0v) is 15.0. The highest BCUT2D eigenvalue weighted by Gasteiger charge is 2.09. The number of nitrogens with zero attached hydrogens (tertiary/aromatic N) is 3. The quantitative estimate of drug-likeness (QED) is 0.585. The van der Waals surface area contributed by atoms with Gasteiger partial charge in [-0.25, -0.2) is 0 Å². The monoisotopic (exact) mass is 390 g/mol. The Morgan fingerprint density at radius 3 is 2.36 bits per heavy atom. The van der Waals surface area contributed by atoms with Crippen molar-refractivity contribution in [2.45, 2.75) is 0 Å². The van der Waals surface area contributed by atoms with E-state index in [2.05, 4.69) is 30.5 Å². The van der Waals surface area contributed by atoms with E-state index in [1.807, 2.05) is 0 Å². The number of carbonyl (C=O) groups is 1. The van der Waals surface area contributed by atoms with Crippen molar-refractivity contribution in [3.63, 3.8) is 0 Å². The van der Waals surface area contributed by atoms with Gasteiger partial charge in [-0.1, -0.05) is 16.1 Å².